The number of carbonyl (C=O) groups is 2. The zero-order chi connectivity index (χ0) is 27.8. The van der Waals surface area contributed by atoms with Gasteiger partial charge in [0.15, 0.2) is 5.17 Å². The summed E-state index contributed by atoms with van der Waals surface area (Å²) in [5.41, 5.74) is -2.56. The van der Waals surface area contributed by atoms with Gasteiger partial charge in [0.1, 0.15) is 35.1 Å². The molecule has 0 N–H and O–H groups in total. The zero-order valence-corrected chi connectivity index (χ0v) is 25.7. The molecule has 0 spiro atoms. The molecule has 0 unspecified atom stereocenters. The van der Waals surface area contributed by atoms with Crippen molar-refractivity contribution in [2.24, 2.45) is 10.9 Å². The second-order valence-electron chi connectivity index (χ2n) is 11.6. The number of aliphatic imine (C=N–C) groups is 1. The molecule has 7 nitrogen and oxygen atoms in total. The van der Waals surface area contributed by atoms with Crippen molar-refractivity contribution in [3.05, 3.63) is 34.1 Å². The molecule has 1 aliphatic carbocycles. The van der Waals surface area contributed by atoms with E-state index in [1.807, 2.05) is 0 Å². The molecule has 2 aliphatic rings. The van der Waals surface area contributed by atoms with Crippen LogP contribution in [-0.2, 0) is 24.5 Å². The molecule has 1 amide bonds. The first-order chi connectivity index (χ1) is 17.1. The molecule has 1 fully saturated rings. The first-order valence-electron chi connectivity index (χ1n) is 12.1. The minimum absolute atomic E-state index is 0.00161. The Bertz CT molecular complexity index is 1080. The minimum Gasteiger partial charge on any atom is -0.468 e. The number of fused-ring (bicyclic) bond motifs is 1. The van der Waals surface area contributed by atoms with E-state index in [0.29, 0.717) is 11.1 Å². The molecule has 206 valence electrons. The van der Waals surface area contributed by atoms with Crippen molar-refractivity contribution in [1.29, 1.82) is 0 Å². The van der Waals surface area contributed by atoms with E-state index in [9.17, 15) is 9.59 Å². The van der Waals surface area contributed by atoms with Gasteiger partial charge < -0.3 is 14.2 Å². The molecule has 37 heavy (non-hydrogen) atoms. The van der Waals surface area contributed by atoms with Crippen molar-refractivity contribution in [2.45, 2.75) is 68.8 Å². The Morgan fingerprint density at radius 1 is 1.30 bits per heavy atom. The summed E-state index contributed by atoms with van der Waals surface area (Å²) in [7, 11) is -0.157. The van der Waals surface area contributed by atoms with Crippen LogP contribution in [0.25, 0.3) is 0 Å². The maximum atomic E-state index is 15.1. The lowest BCUT2D eigenvalue weighted by molar-refractivity contribution is -0.141. The summed E-state index contributed by atoms with van der Waals surface area (Å²) < 4.78 is 46.1. The molecule has 0 aromatic heterocycles. The van der Waals surface area contributed by atoms with E-state index in [2.05, 4.69) is 40.6 Å². The van der Waals surface area contributed by atoms with Crippen LogP contribution in [0.2, 0.25) is 25.7 Å². The number of halogens is 3. The predicted octanol–water partition coefficient (Wildman–Crippen LogP) is 6.34. The number of hydrogen-bond donors (Lipinski definition) is 0. The van der Waals surface area contributed by atoms with E-state index in [1.54, 1.807) is 20.8 Å². The summed E-state index contributed by atoms with van der Waals surface area (Å²) in [6.07, 6.45) is -0.542. The molecule has 0 radical (unpaired) electrons. The van der Waals surface area contributed by atoms with E-state index in [4.69, 9.17) is 14.2 Å². The van der Waals surface area contributed by atoms with E-state index in [-0.39, 0.29) is 23.9 Å². The molecule has 1 saturated carbocycles. The third kappa shape index (κ3) is 6.56. The molecule has 1 aromatic rings. The Kier molecular flexibility index (Phi) is 8.88. The molecule has 0 saturated heterocycles. The van der Waals surface area contributed by atoms with Crippen LogP contribution >= 0.6 is 27.7 Å². The maximum absolute atomic E-state index is 15.1. The maximum Gasteiger partial charge on any atom is 0.418 e. The molecule has 0 bridgehead atoms. The standard InChI is InChI=1S/C25H35BrF2N2O5SSi/c1-23(2,3)35-22(32)30(15-34-10-11-37(5,6)7)21-29-24(14-27,17-12-16(26)8-9-18(17)28)19-13-25(19,36-21)20(31)33-4/h8-9,12,19H,10-11,13-15H2,1-7H3/t19-,24-,25-/m1/s1. The second kappa shape index (κ2) is 10.9. The van der Waals surface area contributed by atoms with Gasteiger partial charge >= 0.3 is 12.1 Å². The van der Waals surface area contributed by atoms with Gasteiger partial charge in [-0.3, -0.25) is 4.79 Å². The Morgan fingerprint density at radius 3 is 2.54 bits per heavy atom. The highest BCUT2D eigenvalue weighted by molar-refractivity contribution is 9.10. The topological polar surface area (TPSA) is 77.4 Å². The third-order valence-electron chi connectivity index (χ3n) is 6.25. The first-order valence-corrected chi connectivity index (χ1v) is 17.4. The van der Waals surface area contributed by atoms with Crippen molar-refractivity contribution in [1.82, 2.24) is 4.90 Å². The van der Waals surface area contributed by atoms with Crippen molar-refractivity contribution < 1.29 is 32.6 Å². The van der Waals surface area contributed by atoms with Gasteiger partial charge in [0.05, 0.1) is 7.11 Å². The number of carbonyl (C=O) groups excluding carboxylic acids is 2. The van der Waals surface area contributed by atoms with Gasteiger partial charge in [0.25, 0.3) is 0 Å². The number of amidine groups is 1. The number of rotatable bonds is 8. The number of nitrogens with zero attached hydrogens (tertiary/aromatic N) is 2. The fraction of sp³-hybridized carbons (Fsp3) is 0.640. The summed E-state index contributed by atoms with van der Waals surface area (Å²) in [6.45, 7) is 10.9. The molecule has 1 aliphatic heterocycles. The zero-order valence-electron chi connectivity index (χ0n) is 22.3. The van der Waals surface area contributed by atoms with Crippen LogP contribution in [0, 0.1) is 11.7 Å². The SMILES string of the molecule is COC(=O)[C@@]12C[C@@H]1[C@@](CF)(c1cc(Br)ccc1F)N=C(N(COCC[Si](C)(C)C)C(=O)OC(C)(C)C)S2. The van der Waals surface area contributed by atoms with Crippen LogP contribution in [-0.4, -0.2) is 67.7 Å². The molecule has 3 rings (SSSR count). The molecule has 12 heteroatoms. The normalized spacial score (nSPS) is 25.1. The molecule has 1 heterocycles. The number of ether oxygens (including phenoxy) is 3. The number of amides is 1. The highest BCUT2D eigenvalue weighted by Crippen LogP contribution is 2.67. The summed E-state index contributed by atoms with van der Waals surface area (Å²) in [5.74, 6) is -1.90. The van der Waals surface area contributed by atoms with Gasteiger partial charge in [-0.25, -0.2) is 23.5 Å². The molecule has 3 atom stereocenters. The average molecular weight is 622 g/mol. The molecular formula is C25H35BrF2N2O5SSi. The summed E-state index contributed by atoms with van der Waals surface area (Å²) in [6, 6.07) is 5.06. The monoisotopic (exact) mass is 620 g/mol. The molecular weight excluding hydrogens is 586 g/mol. The van der Waals surface area contributed by atoms with Crippen LogP contribution in [0.15, 0.2) is 27.7 Å². The van der Waals surface area contributed by atoms with E-state index in [0.717, 1.165) is 17.8 Å². The van der Waals surface area contributed by atoms with Crippen molar-refractivity contribution in [3.63, 3.8) is 0 Å². The van der Waals surface area contributed by atoms with Gasteiger partial charge in [-0.2, -0.15) is 0 Å². The Morgan fingerprint density at radius 2 is 1.97 bits per heavy atom. The van der Waals surface area contributed by atoms with Crippen molar-refractivity contribution in [2.75, 3.05) is 27.1 Å². The van der Waals surface area contributed by atoms with Crippen molar-refractivity contribution >= 4 is 53.0 Å². The highest BCUT2D eigenvalue weighted by atomic mass is 79.9. The Labute approximate surface area is 230 Å². The van der Waals surface area contributed by atoms with Crippen LogP contribution in [0.4, 0.5) is 13.6 Å². The van der Waals surface area contributed by atoms with Crippen LogP contribution in [0.3, 0.4) is 0 Å². The fourth-order valence-electron chi connectivity index (χ4n) is 4.21. The van der Waals surface area contributed by atoms with E-state index >= 15 is 8.78 Å². The third-order valence-corrected chi connectivity index (χ3v) is 9.92. The van der Waals surface area contributed by atoms with Crippen LogP contribution < -0.4 is 0 Å². The lowest BCUT2D eigenvalue weighted by Crippen LogP contribution is -2.48. The predicted molar refractivity (Wildman–Crippen MR) is 147 cm³/mol. The number of methoxy groups -OCH3 is 1. The quantitative estimate of drug-likeness (QED) is 0.146. The van der Waals surface area contributed by atoms with E-state index in [1.165, 1.54) is 30.2 Å². The van der Waals surface area contributed by atoms with Gasteiger partial charge in [-0.1, -0.05) is 47.3 Å². The van der Waals surface area contributed by atoms with Crippen LogP contribution in [0.1, 0.15) is 32.8 Å². The average Bonchev–Trinajstić information content (AvgIpc) is 3.54. The lowest BCUT2D eigenvalue weighted by Gasteiger charge is -2.38. The highest BCUT2D eigenvalue weighted by Gasteiger charge is 2.73. The van der Waals surface area contributed by atoms with Gasteiger partial charge in [-0.15, -0.1) is 0 Å². The Balaban J connectivity index is 2.10. The van der Waals surface area contributed by atoms with Gasteiger partial charge in [0, 0.05) is 30.6 Å². The van der Waals surface area contributed by atoms with Crippen molar-refractivity contribution in [3.8, 4) is 0 Å². The minimum atomic E-state index is -1.73. The van der Waals surface area contributed by atoms with Gasteiger partial charge in [-0.05, 0) is 51.4 Å². The number of thioether (sulfide) groups is 1. The number of esters is 1. The number of benzene rings is 1. The fourth-order valence-corrected chi connectivity index (χ4v) is 6.85. The number of hydrogen-bond acceptors (Lipinski definition) is 7. The Hall–Kier alpha value is -1.50. The first kappa shape index (κ1) is 30.0. The summed E-state index contributed by atoms with van der Waals surface area (Å²) in [4.78, 5) is 32.1. The molecule has 1 aromatic carbocycles. The van der Waals surface area contributed by atoms with E-state index < -0.39 is 54.4 Å². The van der Waals surface area contributed by atoms with Crippen LogP contribution in [0.5, 0.6) is 0 Å². The summed E-state index contributed by atoms with van der Waals surface area (Å²) >= 11 is 4.35. The summed E-state index contributed by atoms with van der Waals surface area (Å²) in [5, 5.41) is 0.0263. The number of alkyl halides is 1. The lowest BCUT2D eigenvalue weighted by atomic mass is 9.85. The second-order valence-corrected chi connectivity index (χ2v) is 19.4. The largest absolute Gasteiger partial charge is 0.468 e. The van der Waals surface area contributed by atoms with Gasteiger partial charge in [0.2, 0.25) is 0 Å². The smallest absolute Gasteiger partial charge is 0.418 e.